The lowest BCUT2D eigenvalue weighted by Gasteiger charge is -2.37. The molecule has 1 amide bonds. The number of nitrogens with zero attached hydrogens (tertiary/aromatic N) is 2. The number of amides is 1. The predicted octanol–water partition coefficient (Wildman–Crippen LogP) is 0.395. The SMILES string of the molecule is CC#CCOc1ccc(S(=O)(=O)N2CCN(C(C)=O)CC2C(=O)O)cc1. The number of benzene rings is 1. The summed E-state index contributed by atoms with van der Waals surface area (Å²) in [6, 6.07) is 4.38. The zero-order valence-electron chi connectivity index (χ0n) is 14.5. The lowest BCUT2D eigenvalue weighted by atomic mass is 10.2. The summed E-state index contributed by atoms with van der Waals surface area (Å²) in [5.74, 6) is 4.29. The Morgan fingerprint density at radius 1 is 1.27 bits per heavy atom. The molecule has 0 spiro atoms. The Hall–Kier alpha value is -2.57. The highest BCUT2D eigenvalue weighted by Gasteiger charge is 2.40. The van der Waals surface area contributed by atoms with Gasteiger partial charge in [0.1, 0.15) is 18.4 Å². The van der Waals surface area contributed by atoms with Gasteiger partial charge in [0.2, 0.25) is 15.9 Å². The van der Waals surface area contributed by atoms with Gasteiger partial charge < -0.3 is 14.7 Å². The van der Waals surface area contributed by atoms with Gasteiger partial charge in [-0.3, -0.25) is 9.59 Å². The highest BCUT2D eigenvalue weighted by Crippen LogP contribution is 2.24. The van der Waals surface area contributed by atoms with Crippen LogP contribution in [0.2, 0.25) is 0 Å². The standard InChI is InChI=1S/C17H20N2O6S/c1-3-4-11-25-14-5-7-15(8-6-14)26(23,24)19-10-9-18(13(2)20)12-16(19)17(21)22/h5-8,16H,9-12H2,1-2H3,(H,21,22). The Kier molecular flexibility index (Phi) is 6.23. The van der Waals surface area contributed by atoms with Crippen LogP contribution in [0, 0.1) is 11.8 Å². The molecule has 1 atom stereocenters. The van der Waals surface area contributed by atoms with Gasteiger partial charge >= 0.3 is 5.97 Å². The van der Waals surface area contributed by atoms with Crippen molar-refractivity contribution in [2.75, 3.05) is 26.2 Å². The summed E-state index contributed by atoms with van der Waals surface area (Å²) >= 11 is 0. The normalized spacial score (nSPS) is 17.9. The first-order valence-corrected chi connectivity index (χ1v) is 9.34. The van der Waals surface area contributed by atoms with Gasteiger partial charge in [-0.05, 0) is 31.2 Å². The molecule has 1 N–H and O–H groups in total. The van der Waals surface area contributed by atoms with E-state index in [1.807, 2.05) is 0 Å². The Morgan fingerprint density at radius 3 is 2.46 bits per heavy atom. The van der Waals surface area contributed by atoms with E-state index in [0.29, 0.717) is 5.75 Å². The summed E-state index contributed by atoms with van der Waals surface area (Å²) in [6.45, 7) is 3.09. The molecule has 0 bridgehead atoms. The van der Waals surface area contributed by atoms with Gasteiger partial charge in [0.25, 0.3) is 0 Å². The molecule has 1 aromatic carbocycles. The molecule has 2 rings (SSSR count). The topological polar surface area (TPSA) is 104 Å². The molecule has 1 fully saturated rings. The number of hydrogen-bond acceptors (Lipinski definition) is 5. The van der Waals surface area contributed by atoms with Crippen LogP contribution in [0.25, 0.3) is 0 Å². The largest absolute Gasteiger partial charge is 0.481 e. The number of carbonyl (C=O) groups excluding carboxylic acids is 1. The Labute approximate surface area is 152 Å². The molecule has 1 aromatic rings. The Bertz CT molecular complexity index is 838. The van der Waals surface area contributed by atoms with E-state index in [2.05, 4.69) is 11.8 Å². The summed E-state index contributed by atoms with van der Waals surface area (Å²) in [5, 5.41) is 9.41. The van der Waals surface area contributed by atoms with Crippen molar-refractivity contribution in [3.05, 3.63) is 24.3 Å². The van der Waals surface area contributed by atoms with Crippen LogP contribution in [0.5, 0.6) is 5.75 Å². The maximum atomic E-state index is 12.8. The van der Waals surface area contributed by atoms with Crippen molar-refractivity contribution in [1.29, 1.82) is 0 Å². The van der Waals surface area contributed by atoms with E-state index < -0.39 is 22.0 Å². The third-order valence-electron chi connectivity index (χ3n) is 3.98. The molecular weight excluding hydrogens is 360 g/mol. The van der Waals surface area contributed by atoms with E-state index in [0.717, 1.165) is 4.31 Å². The monoisotopic (exact) mass is 380 g/mol. The second-order valence-corrected chi connectivity index (χ2v) is 7.51. The summed E-state index contributed by atoms with van der Waals surface area (Å²) in [7, 11) is -4.02. The van der Waals surface area contributed by atoms with Crippen LogP contribution in [0.3, 0.4) is 0 Å². The van der Waals surface area contributed by atoms with E-state index in [9.17, 15) is 23.1 Å². The molecule has 1 heterocycles. The van der Waals surface area contributed by atoms with Crippen molar-refractivity contribution in [2.24, 2.45) is 0 Å². The molecule has 0 saturated carbocycles. The average Bonchev–Trinajstić information content (AvgIpc) is 2.61. The van der Waals surface area contributed by atoms with Gasteiger partial charge in [-0.25, -0.2) is 8.42 Å². The number of carboxylic acids is 1. The van der Waals surface area contributed by atoms with Crippen LogP contribution < -0.4 is 4.74 Å². The number of carbonyl (C=O) groups is 2. The van der Waals surface area contributed by atoms with E-state index in [-0.39, 0.29) is 37.0 Å². The summed E-state index contributed by atoms with van der Waals surface area (Å²) in [4.78, 5) is 24.3. The minimum Gasteiger partial charge on any atom is -0.481 e. The Balaban J connectivity index is 2.23. The fourth-order valence-corrected chi connectivity index (χ4v) is 4.14. The first-order chi connectivity index (χ1) is 12.3. The zero-order chi connectivity index (χ0) is 19.3. The molecule has 0 aliphatic carbocycles. The van der Waals surface area contributed by atoms with Crippen LogP contribution in [0.15, 0.2) is 29.2 Å². The van der Waals surface area contributed by atoms with Crippen molar-refractivity contribution in [2.45, 2.75) is 24.8 Å². The number of rotatable bonds is 5. The van der Waals surface area contributed by atoms with Gasteiger partial charge in [0.05, 0.1) is 4.90 Å². The van der Waals surface area contributed by atoms with E-state index in [1.165, 1.54) is 36.1 Å². The number of hydrogen-bond donors (Lipinski definition) is 1. The minimum atomic E-state index is -4.02. The lowest BCUT2D eigenvalue weighted by Crippen LogP contribution is -2.58. The third kappa shape index (κ3) is 4.33. The maximum Gasteiger partial charge on any atom is 0.323 e. The number of ether oxygens (including phenoxy) is 1. The lowest BCUT2D eigenvalue weighted by molar-refractivity contribution is -0.145. The second kappa shape index (κ2) is 8.21. The molecule has 1 saturated heterocycles. The smallest absolute Gasteiger partial charge is 0.323 e. The van der Waals surface area contributed by atoms with E-state index in [4.69, 9.17) is 4.74 Å². The van der Waals surface area contributed by atoms with Crippen LogP contribution in [0.4, 0.5) is 0 Å². The number of aliphatic carboxylic acids is 1. The van der Waals surface area contributed by atoms with Gasteiger partial charge in [0, 0.05) is 26.6 Å². The van der Waals surface area contributed by atoms with Crippen molar-refractivity contribution in [3.63, 3.8) is 0 Å². The molecule has 1 unspecified atom stereocenters. The summed E-state index contributed by atoms with van der Waals surface area (Å²) in [5.41, 5.74) is 0. The molecule has 26 heavy (non-hydrogen) atoms. The fraction of sp³-hybridized carbons (Fsp3) is 0.412. The first kappa shape index (κ1) is 19.8. The molecule has 0 radical (unpaired) electrons. The van der Waals surface area contributed by atoms with Gasteiger partial charge in [-0.15, -0.1) is 5.92 Å². The molecule has 8 nitrogen and oxygen atoms in total. The van der Waals surface area contributed by atoms with Crippen molar-refractivity contribution >= 4 is 21.9 Å². The number of piperazine rings is 1. The van der Waals surface area contributed by atoms with Crippen LogP contribution in [-0.2, 0) is 19.6 Å². The first-order valence-electron chi connectivity index (χ1n) is 7.90. The van der Waals surface area contributed by atoms with Crippen LogP contribution in [-0.4, -0.2) is 66.9 Å². The average molecular weight is 380 g/mol. The quantitative estimate of drug-likeness (QED) is 0.742. The van der Waals surface area contributed by atoms with Gasteiger partial charge in [-0.1, -0.05) is 5.92 Å². The maximum absolute atomic E-state index is 12.8. The van der Waals surface area contributed by atoms with Crippen LogP contribution >= 0.6 is 0 Å². The van der Waals surface area contributed by atoms with Crippen molar-refractivity contribution in [3.8, 4) is 17.6 Å². The molecule has 1 aliphatic heterocycles. The fourth-order valence-electron chi connectivity index (χ4n) is 2.58. The second-order valence-electron chi connectivity index (χ2n) is 5.62. The minimum absolute atomic E-state index is 0.0334. The number of sulfonamides is 1. The zero-order valence-corrected chi connectivity index (χ0v) is 15.3. The highest BCUT2D eigenvalue weighted by molar-refractivity contribution is 7.89. The molecule has 140 valence electrons. The third-order valence-corrected chi connectivity index (χ3v) is 5.90. The van der Waals surface area contributed by atoms with E-state index >= 15 is 0 Å². The van der Waals surface area contributed by atoms with E-state index in [1.54, 1.807) is 6.92 Å². The van der Waals surface area contributed by atoms with Crippen molar-refractivity contribution < 1.29 is 27.9 Å². The molecular formula is C17H20N2O6S. The summed E-state index contributed by atoms with van der Waals surface area (Å²) in [6.07, 6.45) is 0. The highest BCUT2D eigenvalue weighted by atomic mass is 32.2. The Morgan fingerprint density at radius 2 is 1.92 bits per heavy atom. The molecule has 9 heteroatoms. The number of carboxylic acid groups (broad SMARTS) is 1. The van der Waals surface area contributed by atoms with Gasteiger partial charge in [0.15, 0.2) is 0 Å². The summed E-state index contributed by atoms with van der Waals surface area (Å²) < 4.78 is 32.0. The van der Waals surface area contributed by atoms with Crippen LogP contribution in [0.1, 0.15) is 13.8 Å². The molecule has 1 aliphatic rings. The van der Waals surface area contributed by atoms with Gasteiger partial charge in [-0.2, -0.15) is 4.31 Å². The predicted molar refractivity (Wildman–Crippen MR) is 93.0 cm³/mol. The molecule has 0 aromatic heterocycles. The van der Waals surface area contributed by atoms with Crippen molar-refractivity contribution in [1.82, 2.24) is 9.21 Å².